The van der Waals surface area contributed by atoms with E-state index < -0.39 is 11.9 Å². The molecule has 2 aromatic carbocycles. The number of hydrogen-bond donors (Lipinski definition) is 0. The number of carboxylic acids is 2. The molecule has 0 spiro atoms. The summed E-state index contributed by atoms with van der Waals surface area (Å²) in [7, 11) is 0. The molecule has 0 aromatic heterocycles. The molecule has 0 radical (unpaired) electrons. The molecule has 2 rings (SSSR count). The molecule has 0 bridgehead atoms. The van der Waals surface area contributed by atoms with Crippen LogP contribution in [0.15, 0.2) is 36.4 Å². The Hall–Kier alpha value is -2.53. The summed E-state index contributed by atoms with van der Waals surface area (Å²) in [5, 5.41) is 22.0. The first-order valence-corrected chi connectivity index (χ1v) is 10.9. The fourth-order valence-corrected chi connectivity index (χ4v) is 3.07. The fraction of sp³-hybridized carbons (Fsp3) is 0.462. The quantitative estimate of drug-likeness (QED) is 0.509. The van der Waals surface area contributed by atoms with E-state index in [0.717, 1.165) is 11.1 Å². The van der Waals surface area contributed by atoms with Crippen molar-refractivity contribution in [2.24, 2.45) is 0 Å². The summed E-state index contributed by atoms with van der Waals surface area (Å²) in [5.41, 5.74) is 2.05. The SMILES string of the molecule is CC(C)Oc1c(C(=O)[O-])cccc1C(C)C.CC(C)Oc1c(C(=O)[O-])cccc1C(C)C.[Ni+2]. The van der Waals surface area contributed by atoms with Crippen molar-refractivity contribution in [3.8, 4) is 11.5 Å². The van der Waals surface area contributed by atoms with Crippen LogP contribution in [0.25, 0.3) is 0 Å². The monoisotopic (exact) mass is 500 g/mol. The Balaban J connectivity index is 0.000000602. The van der Waals surface area contributed by atoms with Crippen LogP contribution in [-0.2, 0) is 16.5 Å². The Morgan fingerprint density at radius 2 is 0.939 bits per heavy atom. The third-order valence-electron chi connectivity index (χ3n) is 4.48. The average Bonchev–Trinajstić information content (AvgIpc) is 2.67. The zero-order chi connectivity index (χ0) is 24.6. The van der Waals surface area contributed by atoms with Gasteiger partial charge < -0.3 is 29.3 Å². The predicted molar refractivity (Wildman–Crippen MR) is 121 cm³/mol. The van der Waals surface area contributed by atoms with Crippen molar-refractivity contribution in [1.29, 1.82) is 0 Å². The van der Waals surface area contributed by atoms with Gasteiger partial charge in [-0.25, -0.2) is 0 Å². The van der Waals surface area contributed by atoms with E-state index in [4.69, 9.17) is 9.47 Å². The van der Waals surface area contributed by atoms with Gasteiger partial charge in [0.2, 0.25) is 0 Å². The van der Waals surface area contributed by atoms with Crippen molar-refractivity contribution in [1.82, 2.24) is 0 Å². The normalized spacial score (nSPS) is 10.5. The van der Waals surface area contributed by atoms with Crippen LogP contribution in [0.5, 0.6) is 11.5 Å². The molecule has 184 valence electrons. The molecule has 0 fully saturated rings. The number of aromatic carboxylic acids is 2. The summed E-state index contributed by atoms with van der Waals surface area (Å²) in [4.78, 5) is 22.0. The van der Waals surface area contributed by atoms with E-state index >= 15 is 0 Å². The second-order valence-corrected chi connectivity index (χ2v) is 8.67. The van der Waals surface area contributed by atoms with Crippen LogP contribution >= 0.6 is 0 Å². The van der Waals surface area contributed by atoms with E-state index in [-0.39, 0.29) is 51.7 Å². The number of ether oxygens (including phenoxy) is 2. The van der Waals surface area contributed by atoms with Crippen molar-refractivity contribution < 1.29 is 45.8 Å². The largest absolute Gasteiger partial charge is 2.00 e. The second-order valence-electron chi connectivity index (χ2n) is 8.67. The molecule has 0 aliphatic carbocycles. The van der Waals surface area contributed by atoms with Gasteiger partial charge in [0.15, 0.2) is 0 Å². The first-order valence-electron chi connectivity index (χ1n) is 10.9. The van der Waals surface area contributed by atoms with Crippen LogP contribution < -0.4 is 19.7 Å². The summed E-state index contributed by atoms with van der Waals surface area (Å²) >= 11 is 0. The van der Waals surface area contributed by atoms with Crippen molar-refractivity contribution in [3.63, 3.8) is 0 Å². The summed E-state index contributed by atoms with van der Waals surface area (Å²) in [6.45, 7) is 15.5. The van der Waals surface area contributed by atoms with Gasteiger partial charge in [0.25, 0.3) is 0 Å². The van der Waals surface area contributed by atoms with Crippen LogP contribution in [0.2, 0.25) is 0 Å². The Morgan fingerprint density at radius 3 is 1.15 bits per heavy atom. The molecule has 33 heavy (non-hydrogen) atoms. The van der Waals surface area contributed by atoms with E-state index in [1.165, 1.54) is 12.1 Å². The molecule has 0 aliphatic heterocycles. The molecule has 7 heteroatoms. The third kappa shape index (κ3) is 9.09. The summed E-state index contributed by atoms with van der Waals surface area (Å²) in [6, 6.07) is 10.2. The van der Waals surface area contributed by atoms with Crippen LogP contribution in [-0.4, -0.2) is 24.1 Å². The van der Waals surface area contributed by atoms with Crippen molar-refractivity contribution in [2.75, 3.05) is 0 Å². The molecule has 0 heterocycles. The van der Waals surface area contributed by atoms with Crippen LogP contribution in [0.4, 0.5) is 0 Å². The number of hydrogen-bond acceptors (Lipinski definition) is 6. The van der Waals surface area contributed by atoms with E-state index in [9.17, 15) is 19.8 Å². The number of para-hydroxylation sites is 2. The molecular weight excluding hydrogens is 467 g/mol. The Bertz CT molecular complexity index is 843. The smallest absolute Gasteiger partial charge is 0.545 e. The molecule has 0 aliphatic rings. The van der Waals surface area contributed by atoms with Gasteiger partial charge in [-0.05, 0) is 62.8 Å². The zero-order valence-corrected chi connectivity index (χ0v) is 21.5. The molecule has 0 N–H and O–H groups in total. The maximum Gasteiger partial charge on any atom is 2.00 e. The Labute approximate surface area is 207 Å². The first kappa shape index (κ1) is 30.5. The number of carbonyl (C=O) groups is 2. The number of rotatable bonds is 8. The topological polar surface area (TPSA) is 98.7 Å². The van der Waals surface area contributed by atoms with Crippen molar-refractivity contribution >= 4 is 11.9 Å². The minimum absolute atomic E-state index is 0. The van der Waals surface area contributed by atoms with Gasteiger partial charge in [0.05, 0.1) is 24.1 Å². The predicted octanol–water partition coefficient (Wildman–Crippen LogP) is 3.92. The van der Waals surface area contributed by atoms with Gasteiger partial charge >= 0.3 is 16.5 Å². The minimum Gasteiger partial charge on any atom is -0.545 e. The molecule has 0 saturated carbocycles. The second kappa shape index (κ2) is 13.9. The molecule has 0 atom stereocenters. The first-order chi connectivity index (χ1) is 14.9. The molecule has 0 amide bonds. The van der Waals surface area contributed by atoms with Crippen LogP contribution in [0, 0.1) is 0 Å². The number of carboxylic acid groups (broad SMARTS) is 2. The van der Waals surface area contributed by atoms with Crippen LogP contribution in [0.3, 0.4) is 0 Å². The number of carbonyl (C=O) groups excluding carboxylic acids is 2. The van der Waals surface area contributed by atoms with Gasteiger partial charge in [-0.1, -0.05) is 52.0 Å². The van der Waals surface area contributed by atoms with Gasteiger partial charge in [-0.15, -0.1) is 0 Å². The van der Waals surface area contributed by atoms with Crippen molar-refractivity contribution in [3.05, 3.63) is 58.7 Å². The van der Waals surface area contributed by atoms with Gasteiger partial charge in [0.1, 0.15) is 11.5 Å². The van der Waals surface area contributed by atoms with Crippen LogP contribution in [0.1, 0.15) is 99.1 Å². The summed E-state index contributed by atoms with van der Waals surface area (Å²) in [5.74, 6) is -1.09. The maximum absolute atomic E-state index is 11.0. The van der Waals surface area contributed by atoms with E-state index in [1.54, 1.807) is 12.1 Å². The molecule has 6 nitrogen and oxygen atoms in total. The Morgan fingerprint density at radius 1 is 0.636 bits per heavy atom. The molecule has 2 aromatic rings. The van der Waals surface area contributed by atoms with Gasteiger partial charge in [-0.3, -0.25) is 0 Å². The molecule has 0 saturated heterocycles. The Kier molecular flexibility index (Phi) is 12.8. The van der Waals surface area contributed by atoms with Crippen molar-refractivity contribution in [2.45, 2.75) is 79.4 Å². The zero-order valence-electron chi connectivity index (χ0n) is 20.5. The fourth-order valence-electron chi connectivity index (χ4n) is 3.07. The minimum atomic E-state index is -1.20. The third-order valence-corrected chi connectivity index (χ3v) is 4.48. The molecule has 0 unspecified atom stereocenters. The maximum atomic E-state index is 11.0. The standard InChI is InChI=1S/2C13H18O3.Ni/c2*1-8(2)10-6-5-7-11(13(14)15)12(10)16-9(3)4;/h2*5-9H,1-4H3,(H,14,15);/q;;+2/p-2. The van der Waals surface area contributed by atoms with E-state index in [0.29, 0.717) is 11.5 Å². The van der Waals surface area contributed by atoms with Gasteiger partial charge in [-0.2, -0.15) is 0 Å². The van der Waals surface area contributed by atoms with E-state index in [1.807, 2.05) is 67.5 Å². The number of benzene rings is 2. The van der Waals surface area contributed by atoms with Gasteiger partial charge in [0, 0.05) is 11.1 Å². The molecular formula is C26H34NiO6. The van der Waals surface area contributed by atoms with E-state index in [2.05, 4.69) is 0 Å². The average molecular weight is 501 g/mol. The summed E-state index contributed by atoms with van der Waals surface area (Å²) < 4.78 is 11.2. The summed E-state index contributed by atoms with van der Waals surface area (Å²) in [6.07, 6.45) is -0.115.